The minimum atomic E-state index is -3.69. The standard InChI is InChI=1S/C11H14ClNO2S/c1-11(2,3)10(12)13-16(14,15)9-7-5-4-6-8-9/h4-8H,1-3H3. The zero-order valence-electron chi connectivity index (χ0n) is 9.44. The van der Waals surface area contributed by atoms with Crippen molar-refractivity contribution in [1.29, 1.82) is 0 Å². The largest absolute Gasteiger partial charge is 0.283 e. The van der Waals surface area contributed by atoms with E-state index in [4.69, 9.17) is 11.6 Å². The predicted octanol–water partition coefficient (Wildman–Crippen LogP) is 3.06. The molecule has 0 radical (unpaired) electrons. The van der Waals surface area contributed by atoms with E-state index in [9.17, 15) is 8.42 Å². The first kappa shape index (κ1) is 13.2. The molecule has 0 saturated carbocycles. The Morgan fingerprint density at radius 1 is 1.19 bits per heavy atom. The van der Waals surface area contributed by atoms with E-state index in [1.807, 2.05) is 0 Å². The van der Waals surface area contributed by atoms with Gasteiger partial charge in [-0.2, -0.15) is 12.8 Å². The van der Waals surface area contributed by atoms with Crippen molar-refractivity contribution in [1.82, 2.24) is 0 Å². The molecule has 0 saturated heterocycles. The summed E-state index contributed by atoms with van der Waals surface area (Å²) < 4.78 is 27.2. The van der Waals surface area contributed by atoms with Crippen LogP contribution in [-0.4, -0.2) is 13.6 Å². The van der Waals surface area contributed by atoms with E-state index in [0.29, 0.717) is 0 Å². The monoisotopic (exact) mass is 259 g/mol. The van der Waals surface area contributed by atoms with Crippen molar-refractivity contribution in [3.63, 3.8) is 0 Å². The summed E-state index contributed by atoms with van der Waals surface area (Å²) in [4.78, 5) is 0.150. The molecular formula is C11H14ClNO2S. The summed E-state index contributed by atoms with van der Waals surface area (Å²) in [6.45, 7) is 5.41. The molecule has 0 aliphatic heterocycles. The number of halogens is 1. The first-order chi connectivity index (χ1) is 7.23. The number of sulfonamides is 1. The first-order valence-corrected chi connectivity index (χ1v) is 6.61. The molecule has 5 heteroatoms. The Kier molecular flexibility index (Phi) is 3.76. The molecule has 0 atom stereocenters. The molecule has 0 N–H and O–H groups in total. The third-order valence-electron chi connectivity index (χ3n) is 1.86. The third-order valence-corrected chi connectivity index (χ3v) is 3.90. The second kappa shape index (κ2) is 4.55. The Morgan fingerprint density at radius 3 is 2.12 bits per heavy atom. The smallest absolute Gasteiger partial charge is 0.199 e. The van der Waals surface area contributed by atoms with Crippen LogP contribution in [0.3, 0.4) is 0 Å². The summed E-state index contributed by atoms with van der Waals surface area (Å²) >= 11 is 5.86. The van der Waals surface area contributed by atoms with Gasteiger partial charge in [-0.05, 0) is 12.1 Å². The third kappa shape index (κ3) is 3.32. The maximum Gasteiger partial charge on any atom is 0.283 e. The Bertz CT molecular complexity index is 486. The van der Waals surface area contributed by atoms with Crippen LogP contribution in [0.5, 0.6) is 0 Å². The van der Waals surface area contributed by atoms with Crippen LogP contribution in [0, 0.1) is 5.41 Å². The number of rotatable bonds is 2. The van der Waals surface area contributed by atoms with E-state index in [1.165, 1.54) is 12.1 Å². The zero-order chi connectivity index (χ0) is 12.4. The molecule has 88 valence electrons. The molecule has 3 nitrogen and oxygen atoms in total. The molecule has 0 unspecified atom stereocenters. The van der Waals surface area contributed by atoms with Gasteiger partial charge in [0.15, 0.2) is 0 Å². The summed E-state index contributed by atoms with van der Waals surface area (Å²) in [5.41, 5.74) is -0.469. The average molecular weight is 260 g/mol. The fraction of sp³-hybridized carbons (Fsp3) is 0.364. The van der Waals surface area contributed by atoms with E-state index in [2.05, 4.69) is 4.40 Å². The molecule has 0 spiro atoms. The molecule has 1 aromatic rings. The summed E-state index contributed by atoms with van der Waals surface area (Å²) in [5.74, 6) is 0. The molecule has 16 heavy (non-hydrogen) atoms. The predicted molar refractivity (Wildman–Crippen MR) is 66.4 cm³/mol. The fourth-order valence-electron chi connectivity index (χ4n) is 0.888. The first-order valence-electron chi connectivity index (χ1n) is 4.79. The quantitative estimate of drug-likeness (QED) is 0.767. The Labute approximate surface area is 101 Å². The van der Waals surface area contributed by atoms with E-state index < -0.39 is 15.4 Å². The van der Waals surface area contributed by atoms with Gasteiger partial charge in [-0.25, -0.2) is 0 Å². The van der Waals surface area contributed by atoms with Crippen molar-refractivity contribution in [2.24, 2.45) is 9.81 Å². The van der Waals surface area contributed by atoms with E-state index >= 15 is 0 Å². The molecule has 0 heterocycles. The molecule has 0 aliphatic rings. The van der Waals surface area contributed by atoms with Gasteiger partial charge in [0.05, 0.1) is 4.90 Å². The van der Waals surface area contributed by atoms with Crippen molar-refractivity contribution >= 4 is 26.8 Å². The maximum absolute atomic E-state index is 11.8. The molecular weight excluding hydrogens is 246 g/mol. The van der Waals surface area contributed by atoms with Crippen LogP contribution in [0.2, 0.25) is 0 Å². The number of nitrogens with zero attached hydrogens (tertiary/aromatic N) is 1. The summed E-state index contributed by atoms with van der Waals surface area (Å²) in [6, 6.07) is 8.02. The highest BCUT2D eigenvalue weighted by atomic mass is 35.5. The van der Waals surface area contributed by atoms with Crippen LogP contribution < -0.4 is 0 Å². The van der Waals surface area contributed by atoms with Gasteiger partial charge >= 0.3 is 0 Å². The van der Waals surface area contributed by atoms with Crippen LogP contribution >= 0.6 is 11.6 Å². The second-order valence-electron chi connectivity index (χ2n) is 4.42. The van der Waals surface area contributed by atoms with Crippen molar-refractivity contribution in [3.8, 4) is 0 Å². The lowest BCUT2D eigenvalue weighted by Gasteiger charge is -2.15. The molecule has 1 rings (SSSR count). The SMILES string of the molecule is CC(C)(C)C(Cl)=NS(=O)(=O)c1ccccc1. The van der Waals surface area contributed by atoms with Gasteiger partial charge in [-0.15, -0.1) is 0 Å². The highest BCUT2D eigenvalue weighted by Gasteiger charge is 2.21. The van der Waals surface area contributed by atoms with Crippen LogP contribution in [-0.2, 0) is 10.0 Å². The lowest BCUT2D eigenvalue weighted by molar-refractivity contribution is 0.587. The van der Waals surface area contributed by atoms with Crippen LogP contribution in [0.25, 0.3) is 0 Å². The van der Waals surface area contributed by atoms with Crippen molar-refractivity contribution in [2.75, 3.05) is 0 Å². The summed E-state index contributed by atoms with van der Waals surface area (Å²) in [6.07, 6.45) is 0. The van der Waals surface area contributed by atoms with Gasteiger partial charge in [0.1, 0.15) is 5.17 Å². The normalized spacial score (nSPS) is 13.9. The highest BCUT2D eigenvalue weighted by Crippen LogP contribution is 2.22. The molecule has 0 aliphatic carbocycles. The molecule has 0 amide bonds. The average Bonchev–Trinajstić information content (AvgIpc) is 2.17. The highest BCUT2D eigenvalue weighted by molar-refractivity contribution is 7.90. The lowest BCUT2D eigenvalue weighted by Crippen LogP contribution is -2.16. The number of benzene rings is 1. The van der Waals surface area contributed by atoms with E-state index in [-0.39, 0.29) is 10.1 Å². The fourth-order valence-corrected chi connectivity index (χ4v) is 2.25. The molecule has 0 fully saturated rings. The van der Waals surface area contributed by atoms with Gasteiger partial charge in [-0.3, -0.25) is 0 Å². The maximum atomic E-state index is 11.8. The van der Waals surface area contributed by atoms with Gasteiger partial charge < -0.3 is 0 Å². The van der Waals surface area contributed by atoms with Crippen LogP contribution in [0.15, 0.2) is 39.6 Å². The topological polar surface area (TPSA) is 46.5 Å². The van der Waals surface area contributed by atoms with E-state index in [0.717, 1.165) is 0 Å². The number of hydrogen-bond donors (Lipinski definition) is 0. The van der Waals surface area contributed by atoms with Gasteiger partial charge in [0.2, 0.25) is 0 Å². The van der Waals surface area contributed by atoms with Crippen molar-refractivity contribution < 1.29 is 8.42 Å². The lowest BCUT2D eigenvalue weighted by atomic mass is 9.99. The Balaban J connectivity index is 3.16. The van der Waals surface area contributed by atoms with Crippen LogP contribution in [0.4, 0.5) is 0 Å². The summed E-state index contributed by atoms with van der Waals surface area (Å²) in [5, 5.41) is 0.0800. The number of hydrogen-bond acceptors (Lipinski definition) is 2. The van der Waals surface area contributed by atoms with Crippen molar-refractivity contribution in [2.45, 2.75) is 25.7 Å². The zero-order valence-corrected chi connectivity index (χ0v) is 11.0. The second-order valence-corrected chi connectivity index (χ2v) is 6.38. The van der Waals surface area contributed by atoms with Gasteiger partial charge in [0, 0.05) is 5.41 Å². The van der Waals surface area contributed by atoms with Gasteiger partial charge in [-0.1, -0.05) is 50.6 Å². The Morgan fingerprint density at radius 2 is 1.69 bits per heavy atom. The molecule has 1 aromatic carbocycles. The Hall–Kier alpha value is -0.870. The molecule has 0 bridgehead atoms. The molecule has 0 aromatic heterocycles. The minimum Gasteiger partial charge on any atom is -0.199 e. The minimum absolute atomic E-state index is 0.0800. The van der Waals surface area contributed by atoms with Gasteiger partial charge in [0.25, 0.3) is 10.0 Å². The van der Waals surface area contributed by atoms with E-state index in [1.54, 1.807) is 39.0 Å². The van der Waals surface area contributed by atoms with Crippen molar-refractivity contribution in [3.05, 3.63) is 30.3 Å². The van der Waals surface area contributed by atoms with Crippen LogP contribution in [0.1, 0.15) is 20.8 Å². The summed E-state index contributed by atoms with van der Waals surface area (Å²) in [7, 11) is -3.69.